The highest BCUT2D eigenvalue weighted by Gasteiger charge is 2.26. The summed E-state index contributed by atoms with van der Waals surface area (Å²) in [5, 5.41) is 11.7. The van der Waals surface area contributed by atoms with Crippen LogP contribution in [0.4, 0.5) is 5.69 Å². The van der Waals surface area contributed by atoms with Gasteiger partial charge in [0.1, 0.15) is 0 Å². The summed E-state index contributed by atoms with van der Waals surface area (Å²) in [7, 11) is 0. The van der Waals surface area contributed by atoms with Gasteiger partial charge in [-0.2, -0.15) is 0 Å². The second-order valence-electron chi connectivity index (χ2n) is 6.97. The largest absolute Gasteiger partial charge is 0.339 e. The Bertz CT molecular complexity index is 1060. The molecule has 0 saturated carbocycles. The van der Waals surface area contributed by atoms with Crippen LogP contribution in [0.15, 0.2) is 58.8 Å². The lowest BCUT2D eigenvalue weighted by Crippen LogP contribution is -2.50. The molecule has 1 fully saturated rings. The van der Waals surface area contributed by atoms with Crippen LogP contribution in [0.1, 0.15) is 22.8 Å². The molecular weight excluding hydrogens is 418 g/mol. The molecule has 2 aromatic carbocycles. The summed E-state index contributed by atoms with van der Waals surface area (Å²) < 4.78 is 0. The van der Waals surface area contributed by atoms with Gasteiger partial charge >= 0.3 is 0 Å². The second-order valence-corrected chi connectivity index (χ2v) is 8.06. The topological polar surface area (TPSA) is 101 Å². The number of hydrogen-bond acceptors (Lipinski definition) is 6. The van der Waals surface area contributed by atoms with Crippen LogP contribution in [0.3, 0.4) is 0 Å². The molecule has 0 spiro atoms. The Morgan fingerprint density at radius 1 is 1.06 bits per heavy atom. The lowest BCUT2D eigenvalue weighted by molar-refractivity contribution is -0.387. The van der Waals surface area contributed by atoms with Crippen molar-refractivity contribution in [2.24, 2.45) is 0 Å². The van der Waals surface area contributed by atoms with Gasteiger partial charge in [0.25, 0.3) is 11.6 Å². The van der Waals surface area contributed by atoms with E-state index in [2.05, 4.69) is 6.58 Å². The van der Waals surface area contributed by atoms with E-state index in [1.54, 1.807) is 46.2 Å². The molecule has 1 aliphatic rings. The first-order chi connectivity index (χ1) is 14.8. The van der Waals surface area contributed by atoms with E-state index in [9.17, 15) is 24.5 Å². The number of nitrogens with zero attached hydrogens (tertiary/aromatic N) is 3. The van der Waals surface area contributed by atoms with Gasteiger partial charge in [-0.25, -0.2) is 0 Å². The Balaban J connectivity index is 1.81. The zero-order chi connectivity index (χ0) is 22.5. The number of hydrogen-bond donors (Lipinski definition) is 0. The predicted molar refractivity (Wildman–Crippen MR) is 117 cm³/mol. The van der Waals surface area contributed by atoms with Crippen molar-refractivity contribution in [3.8, 4) is 0 Å². The molecule has 1 heterocycles. The zero-order valence-electron chi connectivity index (χ0n) is 16.9. The molecule has 0 aliphatic carbocycles. The number of benzene rings is 2. The standard InChI is InChI=1S/C22H21N3O5S/c1-15(22(28)24-11-9-23(10-12-24)16(2)27)17-7-8-21(19(13-17)25(29)30)31-20-6-4-3-5-18(20)14-26/h3-8,13-14H,1,9-12H2,2H3. The lowest BCUT2D eigenvalue weighted by Gasteiger charge is -2.34. The van der Waals surface area contributed by atoms with Crippen LogP contribution < -0.4 is 0 Å². The molecule has 2 aromatic rings. The first kappa shape index (κ1) is 22.2. The maximum Gasteiger partial charge on any atom is 0.283 e. The lowest BCUT2D eigenvalue weighted by atomic mass is 10.1. The van der Waals surface area contributed by atoms with Crippen molar-refractivity contribution >= 4 is 41.1 Å². The van der Waals surface area contributed by atoms with Crippen LogP contribution in [0.25, 0.3) is 5.57 Å². The molecule has 0 aromatic heterocycles. The number of piperazine rings is 1. The smallest absolute Gasteiger partial charge is 0.283 e. The third kappa shape index (κ3) is 5.00. The fourth-order valence-corrected chi connectivity index (χ4v) is 4.25. The van der Waals surface area contributed by atoms with E-state index in [0.717, 1.165) is 11.8 Å². The van der Waals surface area contributed by atoms with Crippen LogP contribution in [0.2, 0.25) is 0 Å². The Morgan fingerprint density at radius 2 is 1.71 bits per heavy atom. The highest BCUT2D eigenvalue weighted by Crippen LogP contribution is 2.37. The Labute approximate surface area is 183 Å². The molecule has 31 heavy (non-hydrogen) atoms. The molecule has 160 valence electrons. The van der Waals surface area contributed by atoms with Gasteiger partial charge < -0.3 is 9.80 Å². The summed E-state index contributed by atoms with van der Waals surface area (Å²) in [5.74, 6) is -0.352. The average Bonchev–Trinajstić information content (AvgIpc) is 2.78. The van der Waals surface area contributed by atoms with Crippen LogP contribution in [0.5, 0.6) is 0 Å². The van der Waals surface area contributed by atoms with Gasteiger partial charge in [0, 0.05) is 55.2 Å². The molecular formula is C22H21N3O5S. The molecule has 3 rings (SSSR count). The number of carbonyl (C=O) groups is 3. The Kier molecular flexibility index (Phi) is 6.86. The van der Waals surface area contributed by atoms with E-state index in [4.69, 9.17) is 0 Å². The normalized spacial score (nSPS) is 13.6. The number of carbonyl (C=O) groups excluding carboxylic acids is 3. The van der Waals surface area contributed by atoms with Crippen molar-refractivity contribution < 1.29 is 19.3 Å². The van der Waals surface area contributed by atoms with Crippen LogP contribution in [-0.4, -0.2) is 59.0 Å². The minimum absolute atomic E-state index is 0.0363. The number of nitro benzene ring substituents is 1. The fourth-order valence-electron chi connectivity index (χ4n) is 3.26. The first-order valence-corrected chi connectivity index (χ1v) is 10.4. The van der Waals surface area contributed by atoms with E-state index < -0.39 is 4.92 Å². The third-order valence-corrected chi connectivity index (χ3v) is 6.20. The van der Waals surface area contributed by atoms with Crippen molar-refractivity contribution in [1.29, 1.82) is 0 Å². The summed E-state index contributed by atoms with van der Waals surface area (Å²) in [6, 6.07) is 11.3. The van der Waals surface area contributed by atoms with Crippen LogP contribution >= 0.6 is 11.8 Å². The highest BCUT2D eigenvalue weighted by atomic mass is 32.2. The third-order valence-electron chi connectivity index (χ3n) is 5.04. The van der Waals surface area contributed by atoms with E-state index in [1.165, 1.54) is 13.0 Å². The van der Waals surface area contributed by atoms with Crippen LogP contribution in [0, 0.1) is 10.1 Å². The molecule has 0 unspecified atom stereocenters. The van der Waals surface area contributed by atoms with E-state index >= 15 is 0 Å². The molecule has 0 N–H and O–H groups in total. The van der Waals surface area contributed by atoms with Crippen molar-refractivity contribution in [2.75, 3.05) is 26.2 Å². The SMILES string of the molecule is C=C(C(=O)N1CCN(C(C)=O)CC1)c1ccc(Sc2ccccc2C=O)c([N+](=O)[O-])c1. The van der Waals surface area contributed by atoms with Gasteiger partial charge in [-0.3, -0.25) is 24.5 Å². The summed E-state index contributed by atoms with van der Waals surface area (Å²) in [6.07, 6.45) is 0.703. The molecule has 0 bridgehead atoms. The fraction of sp³-hybridized carbons (Fsp3) is 0.227. The van der Waals surface area contributed by atoms with E-state index in [0.29, 0.717) is 53.4 Å². The Morgan fingerprint density at radius 3 is 2.32 bits per heavy atom. The minimum atomic E-state index is -0.515. The van der Waals surface area contributed by atoms with Crippen molar-refractivity contribution in [3.05, 3.63) is 70.3 Å². The average molecular weight is 439 g/mol. The first-order valence-electron chi connectivity index (χ1n) is 9.56. The summed E-state index contributed by atoms with van der Waals surface area (Å²) in [6.45, 7) is 7.00. The summed E-state index contributed by atoms with van der Waals surface area (Å²) >= 11 is 1.12. The number of nitro groups is 1. The maximum atomic E-state index is 12.8. The monoisotopic (exact) mass is 439 g/mol. The van der Waals surface area contributed by atoms with Gasteiger partial charge in [-0.15, -0.1) is 0 Å². The zero-order valence-corrected chi connectivity index (χ0v) is 17.8. The van der Waals surface area contributed by atoms with Gasteiger partial charge in [-0.05, 0) is 17.7 Å². The molecule has 0 radical (unpaired) electrons. The predicted octanol–water partition coefficient (Wildman–Crippen LogP) is 3.26. The van der Waals surface area contributed by atoms with Gasteiger partial charge in [0.05, 0.1) is 9.82 Å². The number of rotatable bonds is 6. The van der Waals surface area contributed by atoms with Crippen molar-refractivity contribution in [3.63, 3.8) is 0 Å². The summed E-state index contributed by atoms with van der Waals surface area (Å²) in [5.41, 5.74) is 0.789. The van der Waals surface area contributed by atoms with Crippen LogP contribution in [-0.2, 0) is 9.59 Å². The van der Waals surface area contributed by atoms with E-state index in [-0.39, 0.29) is 23.1 Å². The van der Waals surface area contributed by atoms with Gasteiger partial charge in [0.15, 0.2) is 6.29 Å². The quantitative estimate of drug-likeness (QED) is 0.296. The number of aldehydes is 1. The highest BCUT2D eigenvalue weighted by molar-refractivity contribution is 7.99. The number of amides is 2. The maximum absolute atomic E-state index is 12.8. The molecule has 9 heteroatoms. The summed E-state index contributed by atoms with van der Waals surface area (Å²) in [4.78, 5) is 50.9. The van der Waals surface area contributed by atoms with E-state index in [1.807, 2.05) is 0 Å². The molecule has 1 saturated heterocycles. The molecule has 8 nitrogen and oxygen atoms in total. The Hall–Kier alpha value is -3.46. The van der Waals surface area contributed by atoms with Gasteiger partial charge in [-0.1, -0.05) is 42.6 Å². The molecule has 2 amide bonds. The second kappa shape index (κ2) is 9.57. The van der Waals surface area contributed by atoms with Crippen molar-refractivity contribution in [1.82, 2.24) is 9.80 Å². The van der Waals surface area contributed by atoms with Crippen molar-refractivity contribution in [2.45, 2.75) is 16.7 Å². The molecule has 1 aliphatic heterocycles. The molecule has 0 atom stereocenters. The van der Waals surface area contributed by atoms with Gasteiger partial charge in [0.2, 0.25) is 5.91 Å². The minimum Gasteiger partial charge on any atom is -0.339 e.